The van der Waals surface area contributed by atoms with Crippen LogP contribution in [0.25, 0.3) is 39.3 Å². The van der Waals surface area contributed by atoms with Crippen molar-refractivity contribution in [1.82, 2.24) is 24.7 Å². The summed E-state index contributed by atoms with van der Waals surface area (Å²) in [5.74, 6) is 1.42. The van der Waals surface area contributed by atoms with Crippen LogP contribution in [0.3, 0.4) is 0 Å². The SMILES string of the molecule is Cc1cccc(-n2ncc3c(-c4cnco4)cc(-c4cccc(C(C)N)n4)cc32)n1. The smallest absolute Gasteiger partial charge is 0.181 e. The first-order valence-corrected chi connectivity index (χ1v) is 9.68. The Labute approximate surface area is 173 Å². The van der Waals surface area contributed by atoms with Gasteiger partial charge in [0.15, 0.2) is 18.0 Å². The monoisotopic (exact) mass is 396 g/mol. The molecular weight excluding hydrogens is 376 g/mol. The van der Waals surface area contributed by atoms with Crippen molar-refractivity contribution in [2.45, 2.75) is 19.9 Å². The molecule has 0 radical (unpaired) electrons. The lowest BCUT2D eigenvalue weighted by atomic mass is 10.0. The summed E-state index contributed by atoms with van der Waals surface area (Å²) >= 11 is 0. The van der Waals surface area contributed by atoms with Crippen LogP contribution in [0, 0.1) is 6.92 Å². The van der Waals surface area contributed by atoms with Crippen molar-refractivity contribution in [3.05, 3.63) is 78.7 Å². The second kappa shape index (κ2) is 7.20. The molecule has 7 nitrogen and oxygen atoms in total. The quantitative estimate of drug-likeness (QED) is 0.482. The van der Waals surface area contributed by atoms with Gasteiger partial charge in [-0.05, 0) is 50.2 Å². The fourth-order valence-electron chi connectivity index (χ4n) is 3.52. The molecule has 148 valence electrons. The van der Waals surface area contributed by atoms with Crippen molar-refractivity contribution < 1.29 is 4.42 Å². The molecule has 2 N–H and O–H groups in total. The van der Waals surface area contributed by atoms with Gasteiger partial charge in [-0.25, -0.2) is 14.6 Å². The van der Waals surface area contributed by atoms with Gasteiger partial charge in [0.1, 0.15) is 0 Å². The molecule has 5 rings (SSSR count). The van der Waals surface area contributed by atoms with Crippen LogP contribution in [0.2, 0.25) is 0 Å². The summed E-state index contributed by atoms with van der Waals surface area (Å²) in [5, 5.41) is 5.56. The van der Waals surface area contributed by atoms with E-state index >= 15 is 0 Å². The maximum absolute atomic E-state index is 6.05. The van der Waals surface area contributed by atoms with Crippen molar-refractivity contribution in [3.63, 3.8) is 0 Å². The van der Waals surface area contributed by atoms with E-state index in [9.17, 15) is 0 Å². The number of pyridine rings is 2. The molecule has 7 heteroatoms. The highest BCUT2D eigenvalue weighted by molar-refractivity contribution is 5.97. The van der Waals surface area contributed by atoms with Crippen molar-refractivity contribution in [2.75, 3.05) is 0 Å². The Kier molecular flexibility index (Phi) is 4.37. The summed E-state index contributed by atoms with van der Waals surface area (Å²) in [5.41, 5.74) is 11.4. The Morgan fingerprint density at radius 3 is 2.67 bits per heavy atom. The van der Waals surface area contributed by atoms with Gasteiger partial charge in [-0.2, -0.15) is 5.10 Å². The molecular formula is C23H20N6O. The number of fused-ring (bicyclic) bond motifs is 1. The lowest BCUT2D eigenvalue weighted by Gasteiger charge is -2.10. The molecule has 1 atom stereocenters. The molecule has 0 fully saturated rings. The second-order valence-electron chi connectivity index (χ2n) is 7.25. The van der Waals surface area contributed by atoms with Crippen LogP contribution in [0.1, 0.15) is 24.4 Å². The molecule has 30 heavy (non-hydrogen) atoms. The first-order valence-electron chi connectivity index (χ1n) is 9.68. The maximum atomic E-state index is 6.05. The van der Waals surface area contributed by atoms with E-state index in [0.29, 0.717) is 5.76 Å². The van der Waals surface area contributed by atoms with E-state index in [4.69, 9.17) is 15.1 Å². The highest BCUT2D eigenvalue weighted by atomic mass is 16.3. The van der Waals surface area contributed by atoms with Gasteiger partial charge in [-0.15, -0.1) is 0 Å². The molecule has 4 aromatic heterocycles. The molecule has 4 heterocycles. The molecule has 5 aromatic rings. The Balaban J connectivity index is 1.78. The minimum atomic E-state index is -0.149. The molecule has 0 saturated carbocycles. The van der Waals surface area contributed by atoms with Crippen LogP contribution in [0.5, 0.6) is 0 Å². The fraction of sp³-hybridized carbons (Fsp3) is 0.130. The van der Waals surface area contributed by atoms with E-state index in [1.165, 1.54) is 6.39 Å². The van der Waals surface area contributed by atoms with Crippen LogP contribution < -0.4 is 5.73 Å². The summed E-state index contributed by atoms with van der Waals surface area (Å²) in [6.45, 7) is 3.89. The number of hydrogen-bond acceptors (Lipinski definition) is 6. The number of oxazole rings is 1. The zero-order valence-corrected chi connectivity index (χ0v) is 16.6. The van der Waals surface area contributed by atoms with E-state index in [-0.39, 0.29) is 6.04 Å². The van der Waals surface area contributed by atoms with Crippen LogP contribution >= 0.6 is 0 Å². The Morgan fingerprint density at radius 2 is 1.90 bits per heavy atom. The predicted molar refractivity (Wildman–Crippen MR) is 115 cm³/mol. The third-order valence-electron chi connectivity index (χ3n) is 5.01. The van der Waals surface area contributed by atoms with Crippen LogP contribution in [0.4, 0.5) is 0 Å². The highest BCUT2D eigenvalue weighted by Gasteiger charge is 2.16. The number of aryl methyl sites for hydroxylation is 1. The molecule has 0 amide bonds. The predicted octanol–water partition coefficient (Wildman–Crippen LogP) is 4.47. The number of hydrogen-bond donors (Lipinski definition) is 1. The largest absolute Gasteiger partial charge is 0.443 e. The Hall–Kier alpha value is -3.84. The minimum absolute atomic E-state index is 0.149. The van der Waals surface area contributed by atoms with Gasteiger partial charge in [0.05, 0.1) is 29.3 Å². The van der Waals surface area contributed by atoms with Crippen molar-refractivity contribution in [2.24, 2.45) is 5.73 Å². The molecule has 1 unspecified atom stereocenters. The van der Waals surface area contributed by atoms with Crippen LogP contribution in [0.15, 0.2) is 71.7 Å². The minimum Gasteiger partial charge on any atom is -0.443 e. The van der Waals surface area contributed by atoms with Crippen molar-refractivity contribution >= 4 is 10.9 Å². The van der Waals surface area contributed by atoms with Gasteiger partial charge >= 0.3 is 0 Å². The van der Waals surface area contributed by atoms with E-state index in [0.717, 1.165) is 44.9 Å². The van der Waals surface area contributed by atoms with E-state index < -0.39 is 0 Å². The summed E-state index contributed by atoms with van der Waals surface area (Å²) in [6, 6.07) is 15.7. The summed E-state index contributed by atoms with van der Waals surface area (Å²) < 4.78 is 7.44. The lowest BCUT2D eigenvalue weighted by Crippen LogP contribution is -2.07. The zero-order chi connectivity index (χ0) is 20.7. The van der Waals surface area contributed by atoms with E-state index in [1.807, 2.05) is 67.2 Å². The first kappa shape index (κ1) is 18.2. The first-order chi connectivity index (χ1) is 14.6. The Morgan fingerprint density at radius 1 is 1.03 bits per heavy atom. The van der Waals surface area contributed by atoms with Gasteiger partial charge in [0.25, 0.3) is 0 Å². The average molecular weight is 396 g/mol. The summed E-state index contributed by atoms with van der Waals surface area (Å²) in [7, 11) is 0. The number of nitrogens with zero attached hydrogens (tertiary/aromatic N) is 5. The third kappa shape index (κ3) is 3.15. The van der Waals surface area contributed by atoms with Gasteiger partial charge in [-0.1, -0.05) is 12.1 Å². The lowest BCUT2D eigenvalue weighted by molar-refractivity contribution is 0.572. The number of aromatic nitrogens is 5. The van der Waals surface area contributed by atoms with E-state index in [2.05, 4.69) is 21.1 Å². The van der Waals surface area contributed by atoms with Crippen molar-refractivity contribution in [1.29, 1.82) is 0 Å². The average Bonchev–Trinajstić information content (AvgIpc) is 3.43. The third-order valence-corrected chi connectivity index (χ3v) is 5.01. The Bertz CT molecular complexity index is 1340. The molecule has 0 spiro atoms. The molecule has 1 aromatic carbocycles. The van der Waals surface area contributed by atoms with Gasteiger partial charge < -0.3 is 10.2 Å². The number of benzene rings is 1. The van der Waals surface area contributed by atoms with Gasteiger partial charge in [-0.3, -0.25) is 4.98 Å². The summed E-state index contributed by atoms with van der Waals surface area (Å²) in [6.07, 6.45) is 4.95. The van der Waals surface area contributed by atoms with Crippen LogP contribution in [-0.2, 0) is 0 Å². The van der Waals surface area contributed by atoms with Gasteiger partial charge in [0.2, 0.25) is 0 Å². The molecule has 0 aliphatic carbocycles. The molecule has 0 aliphatic rings. The standard InChI is InChI=1S/C23H20N6O/c1-14-5-3-8-23(27-14)29-21-10-16(20-7-4-6-19(28-20)15(2)24)9-17(18(21)11-26-29)22-12-25-13-30-22/h3-13,15H,24H2,1-2H3. The molecule has 0 saturated heterocycles. The zero-order valence-electron chi connectivity index (χ0n) is 16.6. The highest BCUT2D eigenvalue weighted by Crippen LogP contribution is 2.34. The fourth-order valence-corrected chi connectivity index (χ4v) is 3.52. The van der Waals surface area contributed by atoms with E-state index in [1.54, 1.807) is 6.20 Å². The normalized spacial score (nSPS) is 12.4. The number of nitrogens with two attached hydrogens (primary N) is 1. The van der Waals surface area contributed by atoms with Crippen molar-refractivity contribution in [3.8, 4) is 28.4 Å². The molecule has 0 bridgehead atoms. The number of rotatable bonds is 4. The summed E-state index contributed by atoms with van der Waals surface area (Å²) in [4.78, 5) is 13.5. The van der Waals surface area contributed by atoms with Crippen LogP contribution in [-0.4, -0.2) is 24.7 Å². The van der Waals surface area contributed by atoms with Gasteiger partial charge in [0, 0.05) is 28.2 Å². The maximum Gasteiger partial charge on any atom is 0.181 e. The topological polar surface area (TPSA) is 95.7 Å². The molecule has 0 aliphatic heterocycles. The second-order valence-corrected chi connectivity index (χ2v) is 7.25.